The van der Waals surface area contributed by atoms with Crippen LogP contribution in [0.1, 0.15) is 11.1 Å². The Morgan fingerprint density at radius 2 is 2.07 bits per heavy atom. The van der Waals surface area contributed by atoms with Gasteiger partial charge in [0.15, 0.2) is 6.33 Å². The van der Waals surface area contributed by atoms with Crippen molar-refractivity contribution in [2.75, 3.05) is 0 Å². The molecule has 0 fully saturated rings. The van der Waals surface area contributed by atoms with Crippen molar-refractivity contribution >= 4 is 6.21 Å². The van der Waals surface area contributed by atoms with Gasteiger partial charge < -0.3 is 0 Å². The van der Waals surface area contributed by atoms with Crippen LogP contribution >= 0.6 is 0 Å². The fourth-order valence-corrected chi connectivity index (χ4v) is 0.985. The predicted octanol–water partition coefficient (Wildman–Crippen LogP) is 0.864. The molecule has 0 bridgehead atoms. The van der Waals surface area contributed by atoms with Crippen molar-refractivity contribution in [3.05, 3.63) is 41.7 Å². The molecule has 5 nitrogen and oxygen atoms in total. The van der Waals surface area contributed by atoms with Crippen molar-refractivity contribution in [3.8, 4) is 0 Å². The highest BCUT2D eigenvalue weighted by Gasteiger charge is 1.88. The molecule has 5 heteroatoms. The quantitative estimate of drug-likeness (QED) is 0.655. The Labute approximate surface area is 81.1 Å². The van der Waals surface area contributed by atoms with Crippen LogP contribution in [0.4, 0.5) is 0 Å². The zero-order chi connectivity index (χ0) is 9.80. The molecule has 0 aliphatic rings. The van der Waals surface area contributed by atoms with Gasteiger partial charge >= 0.3 is 0 Å². The number of aryl methyl sites for hydroxylation is 1. The zero-order valence-corrected chi connectivity index (χ0v) is 7.70. The summed E-state index contributed by atoms with van der Waals surface area (Å²) >= 11 is 0. The normalized spacial score (nSPS) is 10.9. The fourth-order valence-electron chi connectivity index (χ4n) is 0.985. The molecular formula is C9H9N5. The molecule has 0 N–H and O–H groups in total. The van der Waals surface area contributed by atoms with Gasteiger partial charge in [0.25, 0.3) is 0 Å². The minimum Gasteiger partial charge on any atom is -0.138 e. The Morgan fingerprint density at radius 1 is 1.29 bits per heavy atom. The van der Waals surface area contributed by atoms with Crippen molar-refractivity contribution in [1.29, 1.82) is 0 Å². The zero-order valence-electron chi connectivity index (χ0n) is 7.70. The summed E-state index contributed by atoms with van der Waals surface area (Å²) in [5, 5.41) is 14.9. The summed E-state index contributed by atoms with van der Waals surface area (Å²) in [6, 6.07) is 8.01. The van der Waals surface area contributed by atoms with Crippen LogP contribution in [-0.4, -0.2) is 26.5 Å². The van der Waals surface area contributed by atoms with Crippen LogP contribution in [0.3, 0.4) is 0 Å². The summed E-state index contributed by atoms with van der Waals surface area (Å²) in [5.41, 5.74) is 2.23. The summed E-state index contributed by atoms with van der Waals surface area (Å²) in [5.74, 6) is 0. The van der Waals surface area contributed by atoms with E-state index in [0.717, 1.165) is 5.56 Å². The van der Waals surface area contributed by atoms with E-state index in [1.54, 1.807) is 6.21 Å². The van der Waals surface area contributed by atoms with E-state index in [1.165, 1.54) is 16.8 Å². The van der Waals surface area contributed by atoms with Crippen LogP contribution < -0.4 is 0 Å². The highest BCUT2D eigenvalue weighted by Crippen LogP contribution is 1.99. The lowest BCUT2D eigenvalue weighted by molar-refractivity contribution is 0.613. The Hall–Kier alpha value is -2.04. The molecule has 2 aromatic rings. The molecule has 0 saturated carbocycles. The number of aromatic nitrogens is 4. The number of nitrogens with zero attached hydrogens (tertiary/aromatic N) is 5. The maximum absolute atomic E-state index is 3.97. The lowest BCUT2D eigenvalue weighted by Gasteiger charge is -1.92. The third-order valence-electron chi connectivity index (χ3n) is 1.73. The van der Waals surface area contributed by atoms with Gasteiger partial charge in [-0.3, -0.25) is 0 Å². The minimum absolute atomic E-state index is 1.01. The molecule has 1 heterocycles. The minimum atomic E-state index is 1.01. The molecule has 0 unspecified atom stereocenters. The Kier molecular flexibility index (Phi) is 2.31. The van der Waals surface area contributed by atoms with Crippen LogP contribution in [0.5, 0.6) is 0 Å². The van der Waals surface area contributed by atoms with Crippen LogP contribution in [0.25, 0.3) is 0 Å². The van der Waals surface area contributed by atoms with Gasteiger partial charge in [-0.25, -0.2) is 0 Å². The molecule has 2 rings (SSSR count). The van der Waals surface area contributed by atoms with E-state index in [-0.39, 0.29) is 0 Å². The van der Waals surface area contributed by atoms with E-state index in [0.29, 0.717) is 0 Å². The molecule has 14 heavy (non-hydrogen) atoms. The first-order chi connectivity index (χ1) is 6.84. The highest BCUT2D eigenvalue weighted by atomic mass is 15.7. The van der Waals surface area contributed by atoms with E-state index >= 15 is 0 Å². The standard InChI is InChI=1S/C9H9N5/c1-8-2-4-9(5-3-8)6-11-14-12-7-10-13-14/h2-7H,1H3/b11-6+. The van der Waals surface area contributed by atoms with Gasteiger partial charge in [0.05, 0.1) is 6.21 Å². The van der Waals surface area contributed by atoms with Gasteiger partial charge in [-0.1, -0.05) is 29.8 Å². The monoisotopic (exact) mass is 187 g/mol. The lowest BCUT2D eigenvalue weighted by Crippen LogP contribution is -1.95. The van der Waals surface area contributed by atoms with Crippen molar-refractivity contribution in [2.24, 2.45) is 5.10 Å². The molecule has 0 radical (unpaired) electrons. The van der Waals surface area contributed by atoms with Gasteiger partial charge in [0, 0.05) is 0 Å². The van der Waals surface area contributed by atoms with Gasteiger partial charge in [-0.15, -0.1) is 15.3 Å². The first kappa shape index (κ1) is 8.55. The van der Waals surface area contributed by atoms with Gasteiger partial charge in [-0.05, 0) is 22.6 Å². The smallest absolute Gasteiger partial charge is 0.138 e. The first-order valence-electron chi connectivity index (χ1n) is 4.18. The van der Waals surface area contributed by atoms with Crippen molar-refractivity contribution in [1.82, 2.24) is 20.3 Å². The lowest BCUT2D eigenvalue weighted by atomic mass is 10.2. The van der Waals surface area contributed by atoms with E-state index in [4.69, 9.17) is 0 Å². The Bertz CT molecular complexity index is 415. The number of hydrogen-bond donors (Lipinski definition) is 0. The molecule has 1 aromatic heterocycles. The third-order valence-corrected chi connectivity index (χ3v) is 1.73. The molecule has 0 spiro atoms. The summed E-state index contributed by atoms with van der Waals surface area (Å²) in [6.45, 7) is 2.04. The van der Waals surface area contributed by atoms with Crippen LogP contribution in [0, 0.1) is 6.92 Å². The Morgan fingerprint density at radius 3 is 2.71 bits per heavy atom. The second-order valence-electron chi connectivity index (χ2n) is 2.86. The maximum Gasteiger partial charge on any atom is 0.164 e. The average molecular weight is 187 g/mol. The second kappa shape index (κ2) is 3.78. The first-order valence-corrected chi connectivity index (χ1v) is 4.18. The summed E-state index contributed by atoms with van der Waals surface area (Å²) in [6.07, 6.45) is 3.02. The second-order valence-corrected chi connectivity index (χ2v) is 2.86. The van der Waals surface area contributed by atoms with Crippen LogP contribution in [-0.2, 0) is 0 Å². The van der Waals surface area contributed by atoms with Gasteiger partial charge in [-0.2, -0.15) is 0 Å². The molecule has 0 amide bonds. The van der Waals surface area contributed by atoms with Crippen molar-refractivity contribution in [2.45, 2.75) is 6.92 Å². The molecule has 1 aromatic carbocycles. The number of benzene rings is 1. The molecular weight excluding hydrogens is 178 g/mol. The molecule has 0 atom stereocenters. The predicted molar refractivity (Wildman–Crippen MR) is 52.0 cm³/mol. The summed E-state index contributed by atoms with van der Waals surface area (Å²) < 4.78 is 0. The van der Waals surface area contributed by atoms with Crippen LogP contribution in [0.2, 0.25) is 0 Å². The topological polar surface area (TPSA) is 56.0 Å². The van der Waals surface area contributed by atoms with Gasteiger partial charge in [0.2, 0.25) is 0 Å². The van der Waals surface area contributed by atoms with E-state index in [2.05, 4.69) is 20.5 Å². The van der Waals surface area contributed by atoms with Crippen molar-refractivity contribution in [3.63, 3.8) is 0 Å². The van der Waals surface area contributed by atoms with Gasteiger partial charge in [0.1, 0.15) is 0 Å². The molecule has 0 aliphatic heterocycles. The number of tetrazole rings is 1. The molecule has 0 aliphatic carbocycles. The fraction of sp³-hybridized carbons (Fsp3) is 0.111. The van der Waals surface area contributed by atoms with E-state index < -0.39 is 0 Å². The number of rotatable bonds is 2. The van der Waals surface area contributed by atoms with E-state index in [9.17, 15) is 0 Å². The molecule has 0 saturated heterocycles. The number of hydrogen-bond acceptors (Lipinski definition) is 4. The SMILES string of the molecule is Cc1ccc(/C=N/n2ncnn2)cc1. The highest BCUT2D eigenvalue weighted by molar-refractivity contribution is 5.79. The molecule has 70 valence electrons. The maximum atomic E-state index is 3.97. The summed E-state index contributed by atoms with van der Waals surface area (Å²) in [4.78, 5) is 1.17. The van der Waals surface area contributed by atoms with Crippen molar-refractivity contribution < 1.29 is 0 Å². The summed E-state index contributed by atoms with van der Waals surface area (Å²) in [7, 11) is 0. The Balaban J connectivity index is 2.15. The van der Waals surface area contributed by atoms with Crippen LogP contribution in [0.15, 0.2) is 35.7 Å². The van der Waals surface area contributed by atoms with E-state index in [1.807, 2.05) is 31.2 Å². The average Bonchev–Trinajstić information content (AvgIpc) is 2.70. The third kappa shape index (κ3) is 2.01. The largest absolute Gasteiger partial charge is 0.164 e.